The van der Waals surface area contributed by atoms with Crippen LogP contribution in [0, 0.1) is 0 Å². The third kappa shape index (κ3) is 3.39. The molecule has 96 valence electrons. The Morgan fingerprint density at radius 2 is 2.06 bits per heavy atom. The molecule has 1 atom stereocenters. The summed E-state index contributed by atoms with van der Waals surface area (Å²) in [5, 5.41) is 10.3. The van der Waals surface area contributed by atoms with E-state index in [9.17, 15) is 5.11 Å². The van der Waals surface area contributed by atoms with Crippen LogP contribution in [0.2, 0.25) is 9.36 Å². The highest BCUT2D eigenvalue weighted by molar-refractivity contribution is 7.16. The molecule has 0 amide bonds. The van der Waals surface area contributed by atoms with Crippen molar-refractivity contribution in [2.24, 2.45) is 0 Å². The van der Waals surface area contributed by atoms with Crippen LogP contribution in [0.1, 0.15) is 23.5 Å². The molecule has 0 aliphatic heterocycles. The van der Waals surface area contributed by atoms with Gasteiger partial charge in [-0.1, -0.05) is 23.2 Å². The van der Waals surface area contributed by atoms with Crippen molar-refractivity contribution in [3.63, 3.8) is 0 Å². The quantitative estimate of drug-likeness (QED) is 0.888. The smallest absolute Gasteiger partial charge is 0.125 e. The van der Waals surface area contributed by atoms with Gasteiger partial charge in [-0.05, 0) is 37.3 Å². The Labute approximate surface area is 120 Å². The van der Waals surface area contributed by atoms with Crippen LogP contribution in [-0.4, -0.2) is 5.11 Å². The van der Waals surface area contributed by atoms with Crippen molar-refractivity contribution in [2.45, 2.75) is 19.6 Å². The molecule has 0 saturated carbocycles. The van der Waals surface area contributed by atoms with Crippen molar-refractivity contribution < 1.29 is 9.84 Å². The van der Waals surface area contributed by atoms with Gasteiger partial charge in [-0.2, -0.15) is 0 Å². The zero-order chi connectivity index (χ0) is 13.1. The fourth-order valence-corrected chi connectivity index (χ4v) is 2.74. The Kier molecular flexibility index (Phi) is 4.51. The van der Waals surface area contributed by atoms with Gasteiger partial charge < -0.3 is 9.84 Å². The van der Waals surface area contributed by atoms with E-state index in [0.717, 1.165) is 9.21 Å². The Bertz CT molecular complexity index is 538. The average molecular weight is 303 g/mol. The lowest BCUT2D eigenvalue weighted by Gasteiger charge is -2.13. The standard InChI is InChI=1S/C13H12Cl2O2S/c1-8(16)11-6-9(14)2-4-12(11)17-7-10-3-5-13(15)18-10/h2-6,8,16H,7H2,1H3. The van der Waals surface area contributed by atoms with Crippen molar-refractivity contribution in [3.05, 3.63) is 50.1 Å². The summed E-state index contributed by atoms with van der Waals surface area (Å²) in [5.74, 6) is 0.638. The number of hydrogen-bond acceptors (Lipinski definition) is 3. The van der Waals surface area contributed by atoms with Crippen molar-refractivity contribution in [1.29, 1.82) is 0 Å². The zero-order valence-corrected chi connectivity index (χ0v) is 12.0. The van der Waals surface area contributed by atoms with E-state index >= 15 is 0 Å². The second-order valence-electron chi connectivity index (χ2n) is 3.85. The normalized spacial score (nSPS) is 12.4. The number of thiophene rings is 1. The summed E-state index contributed by atoms with van der Waals surface area (Å²) in [7, 11) is 0. The molecule has 2 rings (SSSR count). The summed E-state index contributed by atoms with van der Waals surface area (Å²) in [6, 6.07) is 8.97. The molecule has 2 aromatic rings. The molecule has 0 bridgehead atoms. The van der Waals surface area contributed by atoms with Crippen molar-refractivity contribution in [2.75, 3.05) is 0 Å². The molecule has 1 unspecified atom stereocenters. The Balaban J connectivity index is 2.13. The molecular formula is C13H12Cl2O2S. The van der Waals surface area contributed by atoms with Crippen LogP contribution in [0.25, 0.3) is 0 Å². The molecule has 18 heavy (non-hydrogen) atoms. The minimum absolute atomic E-state index is 0.429. The first-order chi connectivity index (χ1) is 8.56. The maximum absolute atomic E-state index is 9.67. The summed E-state index contributed by atoms with van der Waals surface area (Å²) in [4.78, 5) is 1.03. The van der Waals surface area contributed by atoms with Crippen LogP contribution < -0.4 is 4.74 Å². The number of benzene rings is 1. The van der Waals surface area contributed by atoms with E-state index in [1.807, 2.05) is 12.1 Å². The first kappa shape index (κ1) is 13.7. The van der Waals surface area contributed by atoms with E-state index in [-0.39, 0.29) is 0 Å². The molecule has 0 radical (unpaired) electrons. The molecule has 0 fully saturated rings. The monoisotopic (exact) mass is 302 g/mol. The van der Waals surface area contributed by atoms with Crippen molar-refractivity contribution >= 4 is 34.5 Å². The third-order valence-corrected chi connectivity index (χ3v) is 3.86. The molecule has 1 heterocycles. The van der Waals surface area contributed by atoms with Gasteiger partial charge in [-0.3, -0.25) is 0 Å². The number of hydrogen-bond donors (Lipinski definition) is 1. The van der Waals surface area contributed by atoms with Gasteiger partial charge in [0.25, 0.3) is 0 Å². The average Bonchev–Trinajstić information content (AvgIpc) is 2.73. The lowest BCUT2D eigenvalue weighted by molar-refractivity contribution is 0.190. The Hall–Kier alpha value is -0.740. The number of ether oxygens (including phenoxy) is 1. The number of aliphatic hydroxyl groups excluding tert-OH is 1. The van der Waals surface area contributed by atoms with Gasteiger partial charge in [0, 0.05) is 15.5 Å². The zero-order valence-electron chi connectivity index (χ0n) is 9.69. The maximum Gasteiger partial charge on any atom is 0.125 e. The molecule has 1 aromatic carbocycles. The van der Waals surface area contributed by atoms with Crippen molar-refractivity contribution in [1.82, 2.24) is 0 Å². The summed E-state index contributed by atoms with van der Waals surface area (Å²) < 4.78 is 6.42. The van der Waals surface area contributed by atoms with E-state index in [2.05, 4.69) is 0 Å². The van der Waals surface area contributed by atoms with Crippen LogP contribution in [-0.2, 0) is 6.61 Å². The summed E-state index contributed by atoms with van der Waals surface area (Å²) >= 11 is 13.2. The minimum Gasteiger partial charge on any atom is -0.488 e. The summed E-state index contributed by atoms with van der Waals surface area (Å²) in [6.07, 6.45) is -0.620. The van der Waals surface area contributed by atoms with E-state index in [1.165, 1.54) is 11.3 Å². The number of rotatable bonds is 4. The van der Waals surface area contributed by atoms with E-state index in [0.29, 0.717) is 22.9 Å². The van der Waals surface area contributed by atoms with Crippen LogP contribution in [0.15, 0.2) is 30.3 Å². The van der Waals surface area contributed by atoms with Gasteiger partial charge in [0.15, 0.2) is 0 Å². The predicted octanol–water partition coefficient (Wildman–Crippen LogP) is 4.69. The molecule has 0 aliphatic rings. The van der Waals surface area contributed by atoms with Crippen LogP contribution in [0.3, 0.4) is 0 Å². The number of halogens is 2. The van der Waals surface area contributed by atoms with Crippen LogP contribution in [0.4, 0.5) is 0 Å². The largest absolute Gasteiger partial charge is 0.488 e. The van der Waals surface area contributed by atoms with Gasteiger partial charge >= 0.3 is 0 Å². The Morgan fingerprint density at radius 1 is 1.28 bits per heavy atom. The molecule has 1 aromatic heterocycles. The van der Waals surface area contributed by atoms with Gasteiger partial charge in [0.2, 0.25) is 0 Å². The molecule has 5 heteroatoms. The highest BCUT2D eigenvalue weighted by Gasteiger charge is 2.10. The molecular weight excluding hydrogens is 291 g/mol. The minimum atomic E-state index is -0.620. The summed E-state index contributed by atoms with van der Waals surface area (Å²) in [5.41, 5.74) is 0.685. The lowest BCUT2D eigenvalue weighted by Crippen LogP contribution is -1.99. The molecule has 0 saturated heterocycles. The van der Waals surface area contributed by atoms with Crippen LogP contribution in [0.5, 0.6) is 5.75 Å². The first-order valence-electron chi connectivity index (χ1n) is 5.41. The summed E-state index contributed by atoms with van der Waals surface area (Å²) in [6.45, 7) is 2.11. The molecule has 0 aliphatic carbocycles. The van der Waals surface area contributed by atoms with Gasteiger partial charge in [-0.25, -0.2) is 0 Å². The van der Waals surface area contributed by atoms with Gasteiger partial charge in [-0.15, -0.1) is 11.3 Å². The second-order valence-corrected chi connectivity index (χ2v) is 6.09. The molecule has 0 spiro atoms. The second kappa shape index (κ2) is 5.93. The van der Waals surface area contributed by atoms with Crippen molar-refractivity contribution in [3.8, 4) is 5.75 Å². The fourth-order valence-electron chi connectivity index (χ4n) is 1.56. The molecule has 2 nitrogen and oxygen atoms in total. The Morgan fingerprint density at radius 3 is 2.67 bits per heavy atom. The van der Waals surface area contributed by atoms with E-state index in [4.69, 9.17) is 27.9 Å². The van der Waals surface area contributed by atoms with E-state index in [1.54, 1.807) is 25.1 Å². The fraction of sp³-hybridized carbons (Fsp3) is 0.231. The lowest BCUT2D eigenvalue weighted by atomic mass is 10.1. The SMILES string of the molecule is CC(O)c1cc(Cl)ccc1OCc1ccc(Cl)s1. The molecule has 1 N–H and O–H groups in total. The number of aliphatic hydroxyl groups is 1. The highest BCUT2D eigenvalue weighted by Crippen LogP contribution is 2.30. The first-order valence-corrected chi connectivity index (χ1v) is 6.98. The topological polar surface area (TPSA) is 29.5 Å². The predicted molar refractivity (Wildman–Crippen MR) is 75.7 cm³/mol. The third-order valence-electron chi connectivity index (χ3n) is 2.42. The van der Waals surface area contributed by atoms with Gasteiger partial charge in [0.05, 0.1) is 10.4 Å². The van der Waals surface area contributed by atoms with E-state index < -0.39 is 6.10 Å². The maximum atomic E-state index is 9.67. The van der Waals surface area contributed by atoms with Gasteiger partial charge in [0.1, 0.15) is 12.4 Å². The highest BCUT2D eigenvalue weighted by atomic mass is 35.5. The van der Waals surface area contributed by atoms with Crippen LogP contribution >= 0.6 is 34.5 Å².